The van der Waals surface area contributed by atoms with Gasteiger partial charge in [0.1, 0.15) is 53.3 Å². The number of nitrogens with two attached hydrogens (primary N) is 5. The number of anilines is 10. The summed E-state index contributed by atoms with van der Waals surface area (Å²) in [4.78, 5) is 52.1. The Morgan fingerprint density at radius 3 is 1.31 bits per heavy atom. The number of nitrogens with zero attached hydrogens (tertiary/aromatic N) is 12. The van der Waals surface area contributed by atoms with Gasteiger partial charge in [0.2, 0.25) is 29.7 Å². The van der Waals surface area contributed by atoms with E-state index in [4.69, 9.17) is 72.9 Å². The highest BCUT2D eigenvalue weighted by molar-refractivity contribution is 6.32. The maximum absolute atomic E-state index is 6.14. The Morgan fingerprint density at radius 2 is 0.828 bits per heavy atom. The molecule has 7 heterocycles. The third-order valence-electron chi connectivity index (χ3n) is 21.9. The van der Waals surface area contributed by atoms with Crippen molar-refractivity contribution in [1.82, 2.24) is 54.8 Å². The SMILES string of the molecule is CC1=C(CCNc2cc(-c3cccc(C)c3C)nc(N)n2)c2cc(C)ccc2C1.Cc1c(Cl)cccc1-c1cc(NC(C)C)nc(N)n1.Cc1cccc(-c2cc(NCC(C)Oc3cccnc3)nc(N)n2)c1C.Cc1cccc(-c2cc(NCCC3=Nc4cc(Cl)ccc4C3)nc(N)n2)c1C.Cc1cccc(-c2cc(NCCOc3ccccc3Cl)nc(N)n2)c1C. The minimum absolute atomic E-state index is 0.0560. The fraction of sp³-hybridized carbons (Fsp3) is 0.248. The highest BCUT2D eigenvalue weighted by Gasteiger charge is 2.22. The zero-order valence-corrected chi connectivity index (χ0v) is 77.1. The van der Waals surface area contributed by atoms with Crippen LogP contribution in [0.2, 0.25) is 15.1 Å². The maximum atomic E-state index is 6.14. The summed E-state index contributed by atoms with van der Waals surface area (Å²) in [6, 6.07) is 64.1. The molecule has 1 aliphatic carbocycles. The van der Waals surface area contributed by atoms with Crippen molar-refractivity contribution in [3.05, 3.63) is 299 Å². The van der Waals surface area contributed by atoms with E-state index in [1.165, 1.54) is 77.9 Å². The fourth-order valence-corrected chi connectivity index (χ4v) is 15.2. The van der Waals surface area contributed by atoms with Crippen LogP contribution in [0.5, 0.6) is 11.5 Å². The molecule has 0 bridgehead atoms. The highest BCUT2D eigenvalue weighted by Crippen LogP contribution is 2.38. The molecule has 0 radical (unpaired) electrons. The minimum atomic E-state index is -0.0560. The highest BCUT2D eigenvalue weighted by atomic mass is 35.5. The summed E-state index contributed by atoms with van der Waals surface area (Å²) in [7, 11) is 0. The molecule has 0 spiro atoms. The van der Waals surface area contributed by atoms with Crippen molar-refractivity contribution in [2.24, 2.45) is 4.99 Å². The lowest BCUT2D eigenvalue weighted by Crippen LogP contribution is -2.23. The van der Waals surface area contributed by atoms with E-state index in [9.17, 15) is 0 Å². The van der Waals surface area contributed by atoms with Crippen molar-refractivity contribution in [3.63, 3.8) is 0 Å². The first-order valence-corrected chi connectivity index (χ1v) is 43.6. The second-order valence-electron chi connectivity index (χ2n) is 32.0. The lowest BCUT2D eigenvalue weighted by Gasteiger charge is -2.16. The fourth-order valence-electron chi connectivity index (χ4n) is 14.7. The second-order valence-corrected chi connectivity index (χ2v) is 33.2. The predicted molar refractivity (Wildman–Crippen MR) is 530 cm³/mol. The molecule has 1 aliphatic heterocycles. The molecule has 8 aromatic carbocycles. The van der Waals surface area contributed by atoms with Crippen LogP contribution in [-0.2, 0) is 12.8 Å². The molecule has 14 aromatic rings. The Bertz CT molecular complexity index is 6330. The molecule has 27 heteroatoms. The van der Waals surface area contributed by atoms with Gasteiger partial charge in [0.05, 0.1) is 58.5 Å². The van der Waals surface area contributed by atoms with E-state index < -0.39 is 0 Å². The number of aryl methyl sites for hydroxylation is 5. The number of allylic oxidation sites excluding steroid dienone is 1. The first kappa shape index (κ1) is 93.3. The number of ether oxygens (including phenoxy) is 2. The maximum Gasteiger partial charge on any atom is 0.222 e. The van der Waals surface area contributed by atoms with Crippen LogP contribution >= 0.6 is 34.8 Å². The van der Waals surface area contributed by atoms with Gasteiger partial charge in [-0.2, -0.15) is 24.9 Å². The summed E-state index contributed by atoms with van der Waals surface area (Å²) in [5.74, 6) is 6.24. The molecule has 24 nitrogen and oxygen atoms in total. The van der Waals surface area contributed by atoms with Crippen molar-refractivity contribution in [2.45, 2.75) is 135 Å². The zero-order chi connectivity index (χ0) is 91.2. The van der Waals surface area contributed by atoms with Crippen LogP contribution in [0.4, 0.5) is 64.5 Å². The molecule has 0 fully saturated rings. The molecular weight excluding hydrogens is 1660 g/mol. The molecule has 658 valence electrons. The number of pyridine rings is 1. The molecule has 15 N–H and O–H groups in total. The summed E-state index contributed by atoms with van der Waals surface area (Å²) >= 11 is 18.3. The monoisotopic (exact) mass is 1770 g/mol. The van der Waals surface area contributed by atoms with E-state index in [1.807, 2.05) is 155 Å². The normalized spacial score (nSPS) is 11.8. The Kier molecular flexibility index (Phi) is 32.0. The number of halogens is 3. The molecule has 2 aliphatic rings. The summed E-state index contributed by atoms with van der Waals surface area (Å²) in [6.45, 7) is 32.3. The molecule has 0 saturated carbocycles. The molecule has 0 saturated heterocycles. The van der Waals surface area contributed by atoms with Gasteiger partial charge < -0.3 is 64.7 Å². The van der Waals surface area contributed by atoms with Crippen LogP contribution in [0.15, 0.2) is 217 Å². The van der Waals surface area contributed by atoms with Crippen LogP contribution in [-0.4, -0.2) is 105 Å². The van der Waals surface area contributed by atoms with E-state index in [-0.39, 0.29) is 35.9 Å². The number of fused-ring (bicyclic) bond motifs is 2. The van der Waals surface area contributed by atoms with E-state index >= 15 is 0 Å². The van der Waals surface area contributed by atoms with E-state index in [0.717, 1.165) is 140 Å². The third kappa shape index (κ3) is 25.5. The molecule has 16 rings (SSSR count). The van der Waals surface area contributed by atoms with Crippen molar-refractivity contribution in [1.29, 1.82) is 0 Å². The van der Waals surface area contributed by atoms with Crippen LogP contribution in [0.3, 0.4) is 0 Å². The summed E-state index contributed by atoms with van der Waals surface area (Å²) in [5, 5.41) is 18.6. The van der Waals surface area contributed by atoms with Crippen molar-refractivity contribution in [3.8, 4) is 67.8 Å². The Labute approximate surface area is 765 Å². The summed E-state index contributed by atoms with van der Waals surface area (Å²) in [6.07, 6.45) is 7.07. The summed E-state index contributed by atoms with van der Waals surface area (Å²) < 4.78 is 11.5. The minimum Gasteiger partial charge on any atom is -0.490 e. The molecular formula is C101H111Cl3N22O2. The lowest BCUT2D eigenvalue weighted by atomic mass is 10.0. The number of aliphatic imine (C=N–C) groups is 1. The first-order valence-electron chi connectivity index (χ1n) is 42.5. The molecule has 1 atom stereocenters. The second kappa shape index (κ2) is 43.9. The number of hydrogen-bond acceptors (Lipinski definition) is 24. The van der Waals surface area contributed by atoms with Crippen LogP contribution in [0, 0.1) is 69.2 Å². The number of para-hydroxylation sites is 1. The summed E-state index contributed by atoms with van der Waals surface area (Å²) in [5.41, 5.74) is 59.9. The van der Waals surface area contributed by atoms with Crippen LogP contribution in [0.1, 0.15) is 113 Å². The van der Waals surface area contributed by atoms with Gasteiger partial charge in [0, 0.05) is 112 Å². The Morgan fingerprint density at radius 1 is 0.391 bits per heavy atom. The van der Waals surface area contributed by atoms with Gasteiger partial charge in [-0.3, -0.25) is 9.98 Å². The molecule has 6 aromatic heterocycles. The largest absolute Gasteiger partial charge is 0.490 e. The average molecular weight is 1770 g/mol. The lowest BCUT2D eigenvalue weighted by molar-refractivity contribution is 0.234. The smallest absolute Gasteiger partial charge is 0.222 e. The first-order chi connectivity index (χ1) is 61.4. The van der Waals surface area contributed by atoms with Gasteiger partial charge in [0.25, 0.3) is 0 Å². The van der Waals surface area contributed by atoms with Crippen LogP contribution < -0.4 is 64.7 Å². The van der Waals surface area contributed by atoms with Gasteiger partial charge in [0.15, 0.2) is 0 Å². The number of rotatable bonds is 25. The van der Waals surface area contributed by atoms with E-state index in [2.05, 4.69) is 216 Å². The predicted octanol–water partition coefficient (Wildman–Crippen LogP) is 22.2. The molecule has 1 unspecified atom stereocenters. The van der Waals surface area contributed by atoms with Crippen molar-refractivity contribution >= 4 is 111 Å². The van der Waals surface area contributed by atoms with Gasteiger partial charge in [-0.25, -0.2) is 24.9 Å². The van der Waals surface area contributed by atoms with Crippen molar-refractivity contribution in [2.75, 3.05) is 88.0 Å². The van der Waals surface area contributed by atoms with E-state index in [0.29, 0.717) is 53.1 Å². The number of aromatic nitrogens is 11. The Balaban J connectivity index is 0.000000146. The van der Waals surface area contributed by atoms with E-state index in [1.54, 1.807) is 18.5 Å². The molecule has 0 amide bonds. The van der Waals surface area contributed by atoms with Gasteiger partial charge in [-0.05, 0) is 225 Å². The van der Waals surface area contributed by atoms with Gasteiger partial charge >= 0.3 is 0 Å². The number of nitrogens with one attached hydrogen (secondary N) is 5. The molecule has 128 heavy (non-hydrogen) atoms. The standard InChI is InChI=1S/C25H28N4.C22H22ClN5.C20H21ClN4O.C20H23N5O.C14H17ClN4/c1-15-8-9-19-13-17(3)20(22(19)12-15)10-11-27-24-14-23(28-25(26)29-24)21-7-5-6-16(2)18(21)4;1-13-4-3-5-18(14(13)2)20-12-21(28-22(24)27-20)25-9-8-17-10-15-6-7-16(23)11-19(15)26-17;1-13-6-5-7-15(14(13)2)17-12-19(25-20(22)24-17)23-10-11-26-18-9-4-3-8-16(18)21;1-13-6-4-8-17(15(13)3)18-10-19(25-20(21)24-18)23-11-14(2)26-16-7-5-9-22-12-16;1-8(2)17-13-7-12(18-14(16)19-13)10-5-4-6-11(15)9(10)3/h5-9,12,14H,10-11,13H2,1-4H3,(H3,26,27,28,29);3-7,11-12H,8-10H2,1-2H3,(H3,24,25,27,28);3-9,12H,10-11H2,1-2H3,(H3,22,23,24,25);4-10,12,14H,11H2,1-3H3,(H3,21,23,24,25);4-8H,1-3H3,(H3,16,17,18,19). The van der Waals surface area contributed by atoms with Crippen molar-refractivity contribution < 1.29 is 9.47 Å². The topological polar surface area (TPSA) is 363 Å². The van der Waals surface area contributed by atoms with Gasteiger partial charge in [-0.1, -0.05) is 167 Å². The van der Waals surface area contributed by atoms with Crippen LogP contribution in [0.25, 0.3) is 61.9 Å². The zero-order valence-electron chi connectivity index (χ0n) is 74.9. The third-order valence-corrected chi connectivity index (χ3v) is 22.9. The Hall–Kier alpha value is -13.8. The number of hydrogen-bond donors (Lipinski definition) is 10. The number of nitrogen functional groups attached to an aromatic ring is 5. The van der Waals surface area contributed by atoms with Gasteiger partial charge in [-0.15, -0.1) is 0 Å². The number of benzene rings is 8. The average Bonchev–Trinajstić information content (AvgIpc) is 1.67. The quantitative estimate of drug-likeness (QED) is 0.0238.